The van der Waals surface area contributed by atoms with Crippen LogP contribution in [0.5, 0.6) is 0 Å². The van der Waals surface area contributed by atoms with Crippen molar-refractivity contribution in [3.63, 3.8) is 0 Å². The van der Waals surface area contributed by atoms with Crippen LogP contribution in [-0.2, 0) is 38.1 Å². The van der Waals surface area contributed by atoms with Crippen LogP contribution < -0.4 is 5.32 Å². The number of aliphatic carboxylic acids is 1. The number of hydrogen-bond donors (Lipinski definition) is 4. The van der Waals surface area contributed by atoms with Gasteiger partial charge in [0.05, 0.1) is 53.7 Å². The predicted molar refractivity (Wildman–Crippen MR) is 227 cm³/mol. The summed E-state index contributed by atoms with van der Waals surface area (Å²) >= 11 is 0. The van der Waals surface area contributed by atoms with Crippen LogP contribution in [0.25, 0.3) is 0 Å². The summed E-state index contributed by atoms with van der Waals surface area (Å²) in [6.45, 7) is 19.8. The molecule has 0 aromatic carbocycles. The third-order valence-electron chi connectivity index (χ3n) is 16.5. The molecule has 0 aromatic heterocycles. The number of carbonyl (C=O) groups is 3. The first-order valence-electron chi connectivity index (χ1n) is 23.8. The molecule has 6 aliphatic rings. The number of hydrogen-bond acceptors (Lipinski definition) is 10. The molecule has 12 heteroatoms. The first-order chi connectivity index (χ1) is 28.3. The third kappa shape index (κ3) is 9.05. The van der Waals surface area contributed by atoms with Crippen LogP contribution in [0.4, 0.5) is 0 Å². The van der Waals surface area contributed by atoms with Gasteiger partial charge in [-0.05, 0) is 102 Å². The molecule has 0 bridgehead atoms. The fraction of sp³-hybridized carbons (Fsp3) is 0.896. The Kier molecular flexibility index (Phi) is 14.8. The summed E-state index contributed by atoms with van der Waals surface area (Å²) in [7, 11) is 0. The van der Waals surface area contributed by atoms with E-state index >= 15 is 0 Å². The zero-order chi connectivity index (χ0) is 43.9. The smallest absolute Gasteiger partial charge is 0.309 e. The summed E-state index contributed by atoms with van der Waals surface area (Å²) in [5.41, 5.74) is -1.65. The molecule has 4 saturated heterocycles. The summed E-state index contributed by atoms with van der Waals surface area (Å²) in [4.78, 5) is 40.4. The van der Waals surface area contributed by atoms with Crippen LogP contribution >= 0.6 is 0 Å². The van der Waals surface area contributed by atoms with Crippen LogP contribution in [0.15, 0.2) is 12.2 Å². The highest BCUT2D eigenvalue weighted by Crippen LogP contribution is 2.54. The van der Waals surface area contributed by atoms with Crippen molar-refractivity contribution in [1.29, 1.82) is 0 Å². The van der Waals surface area contributed by atoms with Crippen molar-refractivity contribution in [3.05, 3.63) is 12.2 Å². The number of amides is 1. The molecule has 0 radical (unpaired) electrons. The van der Waals surface area contributed by atoms with Gasteiger partial charge in [-0.25, -0.2) is 0 Å². The van der Waals surface area contributed by atoms with Gasteiger partial charge in [0.1, 0.15) is 11.8 Å². The van der Waals surface area contributed by atoms with E-state index in [9.17, 15) is 29.7 Å². The van der Waals surface area contributed by atoms with E-state index in [1.54, 1.807) is 6.92 Å². The second kappa shape index (κ2) is 18.7. The zero-order valence-electron chi connectivity index (χ0n) is 38.3. The highest BCUT2D eigenvalue weighted by atomic mass is 16.8. The van der Waals surface area contributed by atoms with Crippen LogP contribution in [0.3, 0.4) is 0 Å². The van der Waals surface area contributed by atoms with E-state index < -0.39 is 76.8 Å². The zero-order valence-corrected chi connectivity index (χ0v) is 38.3. The van der Waals surface area contributed by atoms with Gasteiger partial charge in [-0.15, -0.1) is 0 Å². The molecule has 18 atom stereocenters. The summed E-state index contributed by atoms with van der Waals surface area (Å²) < 4.78 is 34.7. The van der Waals surface area contributed by atoms with Crippen LogP contribution in [-0.4, -0.2) is 98.4 Å². The Morgan fingerprint density at radius 2 is 1.53 bits per heavy atom. The average molecular weight is 846 g/mol. The van der Waals surface area contributed by atoms with E-state index in [1.165, 1.54) is 0 Å². The number of carboxylic acids is 1. The van der Waals surface area contributed by atoms with Crippen molar-refractivity contribution < 1.29 is 53.4 Å². The molecule has 60 heavy (non-hydrogen) atoms. The van der Waals surface area contributed by atoms with E-state index in [0.717, 1.165) is 32.1 Å². The lowest BCUT2D eigenvalue weighted by Gasteiger charge is -2.55. The van der Waals surface area contributed by atoms with Gasteiger partial charge in [0.2, 0.25) is 5.91 Å². The number of ketones is 1. The van der Waals surface area contributed by atoms with Gasteiger partial charge in [0.25, 0.3) is 0 Å². The van der Waals surface area contributed by atoms with E-state index in [2.05, 4.69) is 33.0 Å². The quantitative estimate of drug-likeness (QED) is 0.128. The average Bonchev–Trinajstić information content (AvgIpc) is 3.88. The van der Waals surface area contributed by atoms with Crippen LogP contribution in [0.1, 0.15) is 159 Å². The van der Waals surface area contributed by atoms with Crippen LogP contribution in [0.2, 0.25) is 0 Å². The Balaban J connectivity index is 1.23. The highest BCUT2D eigenvalue weighted by Gasteiger charge is 2.63. The minimum absolute atomic E-state index is 0.00249. The molecule has 5 fully saturated rings. The van der Waals surface area contributed by atoms with Crippen molar-refractivity contribution in [3.8, 4) is 0 Å². The monoisotopic (exact) mass is 846 g/mol. The number of ether oxygens (including phenoxy) is 5. The number of aliphatic hydroxyl groups is 2. The second-order valence-electron chi connectivity index (χ2n) is 20.4. The Hall–Kier alpha value is -1.93. The van der Waals surface area contributed by atoms with Gasteiger partial charge in [0.15, 0.2) is 11.6 Å². The fourth-order valence-corrected chi connectivity index (χ4v) is 12.1. The molecule has 1 saturated carbocycles. The van der Waals surface area contributed by atoms with Gasteiger partial charge in [0, 0.05) is 36.0 Å². The molecule has 12 nitrogen and oxygen atoms in total. The normalized spacial score (nSPS) is 43.7. The standard InChI is InChI=1S/C48H79NO11/c1-11-34(44(53)54)36-19-18-27(4)41(57-36)31(8)39(50)30(7)40(51)35(12-2)42-28(5)26-29(6)47(58-42)23-20-37(49-43(52)33-16-14-15-17-33)48(60-47)25-24-45(10,59-48)38-21-22-46(55,13-3)32(9)56-38/h20,23,27-39,41-42,50,55H,11-19,21-22,24-26H2,1-10H3,(H,49,52)(H,53,54)/t27-,28-,29+,30-,31-,32-,34+,35?,36+,37+,38+,39+,41+,42-,45-,46+,47-,48-/m0/s1. The van der Waals surface area contributed by atoms with E-state index in [1.807, 2.05) is 46.8 Å². The SMILES string of the molecule is CCC(C(=O)[C@@H](C)[C@@H](O)[C@H](C)[C@@H]1O[C@@H]([C@@H](CC)C(=O)O)CC[C@@H]1C)[C@H]1O[C@]2(C=C[C@@H](NC(=O)C3CCCC3)[C@]3(CC[C@@](C)([C@H]4CC[C@](O)(CC)[C@H](C)O4)O3)O2)[C@H](C)C[C@@H]1C. The molecular weight excluding hydrogens is 767 g/mol. The lowest BCUT2D eigenvalue weighted by Crippen LogP contribution is -2.66. The summed E-state index contributed by atoms with van der Waals surface area (Å²) in [6.07, 6.45) is 10.8. The molecule has 342 valence electrons. The molecule has 4 N–H and O–H groups in total. The number of aliphatic hydroxyl groups excluding tert-OH is 1. The third-order valence-corrected chi connectivity index (χ3v) is 16.5. The molecule has 1 unspecified atom stereocenters. The fourth-order valence-electron chi connectivity index (χ4n) is 12.1. The lowest BCUT2D eigenvalue weighted by atomic mass is 9.72. The van der Waals surface area contributed by atoms with E-state index in [4.69, 9.17) is 23.7 Å². The molecule has 1 aliphatic carbocycles. The molecule has 1 amide bonds. The minimum Gasteiger partial charge on any atom is -0.481 e. The number of rotatable bonds is 14. The van der Waals surface area contributed by atoms with Crippen molar-refractivity contribution in [1.82, 2.24) is 5.32 Å². The maximum absolute atomic E-state index is 14.7. The summed E-state index contributed by atoms with van der Waals surface area (Å²) in [6, 6.07) is -0.576. The van der Waals surface area contributed by atoms with Gasteiger partial charge in [-0.3, -0.25) is 14.4 Å². The van der Waals surface area contributed by atoms with Gasteiger partial charge in [-0.2, -0.15) is 0 Å². The molecule has 6 rings (SSSR count). The van der Waals surface area contributed by atoms with E-state index in [-0.39, 0.29) is 53.7 Å². The van der Waals surface area contributed by atoms with Crippen molar-refractivity contribution in [2.24, 2.45) is 47.3 Å². The number of nitrogens with one attached hydrogen (secondary N) is 1. The number of Topliss-reactive ketones (excluding diaryl/α,β-unsaturated/α-hetero) is 1. The van der Waals surface area contributed by atoms with Gasteiger partial charge < -0.3 is 44.3 Å². The van der Waals surface area contributed by atoms with Gasteiger partial charge >= 0.3 is 5.97 Å². The highest BCUT2D eigenvalue weighted by molar-refractivity contribution is 5.84. The van der Waals surface area contributed by atoms with Crippen molar-refractivity contribution in [2.75, 3.05) is 0 Å². The second-order valence-corrected chi connectivity index (χ2v) is 20.4. The maximum Gasteiger partial charge on any atom is 0.309 e. The molecular formula is C48H79NO11. The summed E-state index contributed by atoms with van der Waals surface area (Å²) in [5, 5.41) is 36.3. The lowest BCUT2D eigenvalue weighted by molar-refractivity contribution is -0.398. The van der Waals surface area contributed by atoms with Crippen molar-refractivity contribution in [2.45, 2.75) is 225 Å². The Morgan fingerprint density at radius 3 is 2.15 bits per heavy atom. The molecule has 0 aromatic rings. The number of carboxylic acid groups (broad SMARTS) is 1. The maximum atomic E-state index is 14.7. The van der Waals surface area contributed by atoms with Gasteiger partial charge in [-0.1, -0.05) is 74.3 Å². The topological polar surface area (TPSA) is 170 Å². The largest absolute Gasteiger partial charge is 0.481 e. The Bertz CT molecular complexity index is 1550. The minimum atomic E-state index is -1.27. The molecule has 2 spiro atoms. The van der Waals surface area contributed by atoms with E-state index in [0.29, 0.717) is 57.8 Å². The number of carbonyl (C=O) groups excluding carboxylic acids is 2. The van der Waals surface area contributed by atoms with Crippen LogP contribution in [0, 0.1) is 47.3 Å². The first-order valence-corrected chi connectivity index (χ1v) is 23.8. The molecule has 5 heterocycles. The Morgan fingerprint density at radius 1 is 0.850 bits per heavy atom. The first kappa shape index (κ1) is 47.5. The Labute approximate surface area is 359 Å². The summed E-state index contributed by atoms with van der Waals surface area (Å²) in [5.74, 6) is -5.78. The molecule has 5 aliphatic heterocycles. The predicted octanol–water partition coefficient (Wildman–Crippen LogP) is 7.50. The van der Waals surface area contributed by atoms with Crippen molar-refractivity contribution >= 4 is 17.7 Å².